The van der Waals surface area contributed by atoms with Crippen LogP contribution in [0.25, 0.3) is 0 Å². The first-order valence-corrected chi connectivity index (χ1v) is 12.0. The summed E-state index contributed by atoms with van der Waals surface area (Å²) in [4.78, 5) is 44.0. The lowest BCUT2D eigenvalue weighted by atomic mass is 10.1. The van der Waals surface area contributed by atoms with Crippen molar-refractivity contribution in [1.82, 2.24) is 14.7 Å². The van der Waals surface area contributed by atoms with E-state index in [0.717, 1.165) is 52.1 Å². The summed E-state index contributed by atoms with van der Waals surface area (Å²) >= 11 is 5.90. The van der Waals surface area contributed by atoms with Crippen LogP contribution in [0.15, 0.2) is 48.5 Å². The minimum absolute atomic E-state index is 0.173. The monoisotopic (exact) mass is 483 g/mol. The number of carbonyl (C=O) groups excluding carboxylic acids is 3. The van der Waals surface area contributed by atoms with Crippen molar-refractivity contribution in [2.45, 2.75) is 12.8 Å². The third-order valence-electron chi connectivity index (χ3n) is 6.20. The Bertz CT molecular complexity index is 1020. The molecule has 2 saturated heterocycles. The molecule has 2 fully saturated rings. The number of halogens is 1. The maximum absolute atomic E-state index is 12.8. The van der Waals surface area contributed by atoms with Gasteiger partial charge in [0, 0.05) is 50.0 Å². The fourth-order valence-corrected chi connectivity index (χ4v) is 4.40. The smallest absolute Gasteiger partial charge is 0.257 e. The van der Waals surface area contributed by atoms with Crippen molar-refractivity contribution in [3.8, 4) is 0 Å². The van der Waals surface area contributed by atoms with Crippen LogP contribution >= 0.6 is 11.6 Å². The molecule has 34 heavy (non-hydrogen) atoms. The Kier molecular flexibility index (Phi) is 8.16. The summed E-state index contributed by atoms with van der Waals surface area (Å²) in [6, 6.07) is 13.8. The summed E-state index contributed by atoms with van der Waals surface area (Å²) in [7, 11) is 0. The van der Waals surface area contributed by atoms with E-state index in [0.29, 0.717) is 28.5 Å². The van der Waals surface area contributed by atoms with E-state index in [1.807, 2.05) is 4.90 Å². The molecule has 2 aromatic rings. The van der Waals surface area contributed by atoms with Crippen LogP contribution in [0.5, 0.6) is 0 Å². The zero-order chi connectivity index (χ0) is 23.9. The first-order valence-electron chi connectivity index (χ1n) is 11.7. The van der Waals surface area contributed by atoms with Gasteiger partial charge in [-0.15, -0.1) is 0 Å². The van der Waals surface area contributed by atoms with Crippen LogP contribution in [-0.4, -0.2) is 84.8 Å². The number of para-hydroxylation sites is 1. The minimum Gasteiger partial charge on any atom is -0.342 e. The molecule has 0 spiro atoms. The van der Waals surface area contributed by atoms with E-state index in [9.17, 15) is 14.4 Å². The van der Waals surface area contributed by atoms with E-state index in [1.54, 1.807) is 48.5 Å². The van der Waals surface area contributed by atoms with Gasteiger partial charge < -0.3 is 15.5 Å². The fourth-order valence-electron chi connectivity index (χ4n) is 4.28. The van der Waals surface area contributed by atoms with Gasteiger partial charge in [-0.1, -0.05) is 23.7 Å². The molecule has 9 heteroatoms. The average molecular weight is 484 g/mol. The number of nitrogens with zero attached hydrogens (tertiary/aromatic N) is 3. The molecular formula is C25H30ClN5O3. The zero-order valence-corrected chi connectivity index (χ0v) is 19.9. The van der Waals surface area contributed by atoms with Gasteiger partial charge in [-0.2, -0.15) is 0 Å². The van der Waals surface area contributed by atoms with Gasteiger partial charge in [0.25, 0.3) is 5.91 Å². The number of amides is 3. The van der Waals surface area contributed by atoms with Gasteiger partial charge in [-0.3, -0.25) is 24.2 Å². The highest BCUT2D eigenvalue weighted by Gasteiger charge is 2.24. The molecule has 2 heterocycles. The van der Waals surface area contributed by atoms with Crippen LogP contribution in [0.2, 0.25) is 5.02 Å². The number of nitrogens with one attached hydrogen (secondary N) is 2. The van der Waals surface area contributed by atoms with Crippen molar-refractivity contribution >= 4 is 40.7 Å². The van der Waals surface area contributed by atoms with Gasteiger partial charge in [0.2, 0.25) is 11.8 Å². The number of piperazine rings is 1. The van der Waals surface area contributed by atoms with Gasteiger partial charge in [0.05, 0.1) is 24.3 Å². The molecule has 0 aliphatic carbocycles. The number of rotatable bonds is 7. The Labute approximate surface area is 204 Å². The highest BCUT2D eigenvalue weighted by atomic mass is 35.5. The number of hydrogen-bond donors (Lipinski definition) is 2. The van der Waals surface area contributed by atoms with Gasteiger partial charge in [-0.05, 0) is 49.2 Å². The third kappa shape index (κ3) is 6.56. The molecule has 180 valence electrons. The lowest BCUT2D eigenvalue weighted by molar-refractivity contribution is -0.132. The molecule has 2 N–H and O–H groups in total. The number of hydrogen-bond acceptors (Lipinski definition) is 5. The standard InChI is InChI=1S/C25H30ClN5O3/c26-19-7-9-20(10-8-19)27-25(34)21-5-1-2-6-22(21)28-23(32)17-29-13-15-30(16-14-29)18-24(33)31-11-3-4-12-31/h1-2,5-10H,3-4,11-18H2,(H,27,34)(H,28,32). The van der Waals surface area contributed by atoms with Crippen molar-refractivity contribution in [1.29, 1.82) is 0 Å². The maximum Gasteiger partial charge on any atom is 0.257 e. The summed E-state index contributed by atoms with van der Waals surface area (Å²) in [6.45, 7) is 5.40. The van der Waals surface area contributed by atoms with Crippen molar-refractivity contribution in [3.63, 3.8) is 0 Å². The van der Waals surface area contributed by atoms with Gasteiger partial charge in [0.15, 0.2) is 0 Å². The molecule has 2 aromatic carbocycles. The molecule has 0 radical (unpaired) electrons. The molecule has 0 atom stereocenters. The van der Waals surface area contributed by atoms with Gasteiger partial charge in [0.1, 0.15) is 0 Å². The maximum atomic E-state index is 12.8. The number of likely N-dealkylation sites (tertiary alicyclic amines) is 1. The topological polar surface area (TPSA) is 85.0 Å². The van der Waals surface area contributed by atoms with Crippen molar-refractivity contribution in [2.75, 3.05) is 63.0 Å². The summed E-state index contributed by atoms with van der Waals surface area (Å²) in [5, 5.41) is 6.29. The second-order valence-electron chi connectivity index (χ2n) is 8.69. The lowest BCUT2D eigenvalue weighted by Gasteiger charge is -2.34. The highest BCUT2D eigenvalue weighted by molar-refractivity contribution is 6.30. The van der Waals surface area contributed by atoms with E-state index >= 15 is 0 Å². The van der Waals surface area contributed by atoms with Crippen molar-refractivity contribution in [2.24, 2.45) is 0 Å². The molecule has 0 saturated carbocycles. The van der Waals surface area contributed by atoms with E-state index in [-0.39, 0.29) is 24.3 Å². The molecule has 0 unspecified atom stereocenters. The summed E-state index contributed by atoms with van der Waals surface area (Å²) in [5.41, 5.74) is 1.47. The Balaban J connectivity index is 1.26. The second-order valence-corrected chi connectivity index (χ2v) is 9.13. The predicted molar refractivity (Wildman–Crippen MR) is 133 cm³/mol. The minimum atomic E-state index is -0.311. The van der Waals surface area contributed by atoms with E-state index in [1.165, 1.54) is 0 Å². The molecular weight excluding hydrogens is 454 g/mol. The van der Waals surface area contributed by atoms with Crippen LogP contribution in [0, 0.1) is 0 Å². The Hall–Kier alpha value is -2.94. The van der Waals surface area contributed by atoms with E-state index in [4.69, 9.17) is 11.6 Å². The third-order valence-corrected chi connectivity index (χ3v) is 6.45. The van der Waals surface area contributed by atoms with Gasteiger partial charge in [-0.25, -0.2) is 0 Å². The fraction of sp³-hybridized carbons (Fsp3) is 0.400. The Morgan fingerprint density at radius 2 is 1.38 bits per heavy atom. The molecule has 8 nitrogen and oxygen atoms in total. The molecule has 0 aromatic heterocycles. The number of anilines is 2. The summed E-state index contributed by atoms with van der Waals surface area (Å²) in [6.07, 6.45) is 2.20. The lowest BCUT2D eigenvalue weighted by Crippen LogP contribution is -2.51. The SMILES string of the molecule is O=C(CN1CCN(CC(=O)N2CCCC2)CC1)Nc1ccccc1C(=O)Nc1ccc(Cl)cc1. The molecule has 2 aliphatic heterocycles. The first kappa shape index (κ1) is 24.2. The summed E-state index contributed by atoms with van der Waals surface area (Å²) < 4.78 is 0. The number of carbonyl (C=O) groups is 3. The molecule has 0 bridgehead atoms. The average Bonchev–Trinajstić information content (AvgIpc) is 3.37. The number of benzene rings is 2. The zero-order valence-electron chi connectivity index (χ0n) is 19.1. The largest absolute Gasteiger partial charge is 0.342 e. The molecule has 3 amide bonds. The first-order chi connectivity index (χ1) is 16.5. The normalized spacial score (nSPS) is 16.9. The van der Waals surface area contributed by atoms with Crippen LogP contribution < -0.4 is 10.6 Å². The van der Waals surface area contributed by atoms with Crippen molar-refractivity contribution in [3.05, 3.63) is 59.1 Å². The molecule has 2 aliphatic rings. The second kappa shape index (κ2) is 11.5. The van der Waals surface area contributed by atoms with Gasteiger partial charge >= 0.3 is 0 Å². The highest BCUT2D eigenvalue weighted by Crippen LogP contribution is 2.19. The van der Waals surface area contributed by atoms with Crippen LogP contribution in [-0.2, 0) is 9.59 Å². The Morgan fingerprint density at radius 3 is 2.06 bits per heavy atom. The summed E-state index contributed by atoms with van der Waals surface area (Å²) in [5.74, 6) is -0.278. The van der Waals surface area contributed by atoms with Crippen LogP contribution in [0.3, 0.4) is 0 Å². The van der Waals surface area contributed by atoms with Crippen molar-refractivity contribution < 1.29 is 14.4 Å². The quantitative estimate of drug-likeness (QED) is 0.632. The van der Waals surface area contributed by atoms with E-state index in [2.05, 4.69) is 20.4 Å². The molecule has 4 rings (SSSR count). The predicted octanol–water partition coefficient (Wildman–Crippen LogP) is 2.77. The van der Waals surface area contributed by atoms with Crippen LogP contribution in [0.4, 0.5) is 11.4 Å². The van der Waals surface area contributed by atoms with Crippen LogP contribution in [0.1, 0.15) is 23.2 Å². The van der Waals surface area contributed by atoms with E-state index < -0.39 is 0 Å². The Morgan fingerprint density at radius 1 is 0.765 bits per heavy atom.